The summed E-state index contributed by atoms with van der Waals surface area (Å²) in [5.41, 5.74) is 0.729. The molecule has 4 heterocycles. The molecule has 4 aromatic heterocycles. The van der Waals surface area contributed by atoms with Crippen molar-refractivity contribution in [3.63, 3.8) is 0 Å². The Morgan fingerprint density at radius 1 is 1.09 bits per heavy atom. The number of nitrogens with one attached hydrogen (secondary N) is 1. The topological polar surface area (TPSA) is 108 Å². The van der Waals surface area contributed by atoms with Crippen LogP contribution in [0.2, 0.25) is 0 Å². The van der Waals surface area contributed by atoms with Gasteiger partial charge >= 0.3 is 0 Å². The molecular weight excluding hydrogens is 476 g/mol. The molecule has 180 valence electrons. The molecule has 0 spiro atoms. The Kier molecular flexibility index (Phi) is 6.20. The first-order valence-electron chi connectivity index (χ1n) is 11.1. The van der Waals surface area contributed by atoms with E-state index in [1.807, 2.05) is 0 Å². The minimum Gasteiger partial charge on any atom is -0.317 e. The van der Waals surface area contributed by atoms with Gasteiger partial charge in [0.05, 0.1) is 17.9 Å². The molecule has 9 nitrogen and oxygen atoms in total. The number of anilines is 1. The molecule has 0 unspecified atom stereocenters. The first-order chi connectivity index (χ1) is 16.9. The number of amides is 1. The Morgan fingerprint density at radius 2 is 1.89 bits per heavy atom. The molecule has 1 fully saturated rings. The number of hydrogen-bond donors (Lipinski definition) is 1. The lowest BCUT2D eigenvalue weighted by Crippen LogP contribution is -2.14. The molecule has 0 aromatic carbocycles. The van der Waals surface area contributed by atoms with Gasteiger partial charge in [0.15, 0.2) is 5.82 Å². The van der Waals surface area contributed by atoms with E-state index in [2.05, 4.69) is 25.5 Å². The van der Waals surface area contributed by atoms with Gasteiger partial charge in [-0.15, -0.1) is 11.3 Å². The van der Waals surface area contributed by atoms with Gasteiger partial charge in [0.1, 0.15) is 22.1 Å². The zero-order chi connectivity index (χ0) is 24.5. The molecule has 0 radical (unpaired) electrons. The standard InChI is InChI=1S/C23H21F2N7O2S/c1-13(33)31-10-14(9-26-31)23-28-18(12-35-23)22(34)27-17-11-32(15-5-3-2-4-6-15)30-21(17)20-16(24)7-8-19(25)29-20/h7-12,15H,2-6H2,1H3,(H,27,34). The highest BCUT2D eigenvalue weighted by Crippen LogP contribution is 2.34. The predicted molar refractivity (Wildman–Crippen MR) is 125 cm³/mol. The summed E-state index contributed by atoms with van der Waals surface area (Å²) >= 11 is 1.22. The van der Waals surface area contributed by atoms with E-state index in [0.29, 0.717) is 10.6 Å². The Hall–Kier alpha value is -3.80. The van der Waals surface area contributed by atoms with Crippen LogP contribution in [0.4, 0.5) is 14.5 Å². The fourth-order valence-corrected chi connectivity index (χ4v) is 4.85. The number of pyridine rings is 1. The second-order valence-corrected chi connectivity index (χ2v) is 9.17. The van der Waals surface area contributed by atoms with Crippen molar-refractivity contribution >= 4 is 28.8 Å². The molecule has 4 aromatic rings. The van der Waals surface area contributed by atoms with Crippen LogP contribution in [-0.2, 0) is 0 Å². The minimum absolute atomic E-state index is 0.0547. The average Bonchev–Trinajstić information content (AvgIpc) is 3.60. The van der Waals surface area contributed by atoms with Gasteiger partial charge in [0.2, 0.25) is 11.9 Å². The van der Waals surface area contributed by atoms with Crippen LogP contribution >= 0.6 is 11.3 Å². The summed E-state index contributed by atoms with van der Waals surface area (Å²) in [7, 11) is 0. The normalized spacial score (nSPS) is 14.3. The van der Waals surface area contributed by atoms with Crippen LogP contribution in [0.1, 0.15) is 60.4 Å². The first-order valence-corrected chi connectivity index (χ1v) is 12.0. The van der Waals surface area contributed by atoms with Crippen LogP contribution in [0.25, 0.3) is 22.0 Å². The summed E-state index contributed by atoms with van der Waals surface area (Å²) in [6.45, 7) is 1.39. The van der Waals surface area contributed by atoms with Gasteiger partial charge < -0.3 is 5.32 Å². The highest BCUT2D eigenvalue weighted by atomic mass is 32.1. The van der Waals surface area contributed by atoms with Crippen LogP contribution in [-0.4, -0.2) is 41.3 Å². The maximum absolute atomic E-state index is 14.6. The summed E-state index contributed by atoms with van der Waals surface area (Å²) < 4.78 is 31.3. The zero-order valence-electron chi connectivity index (χ0n) is 18.7. The van der Waals surface area contributed by atoms with Gasteiger partial charge in [-0.3, -0.25) is 14.3 Å². The van der Waals surface area contributed by atoms with E-state index in [1.165, 1.54) is 35.3 Å². The Morgan fingerprint density at radius 3 is 2.63 bits per heavy atom. The number of carbonyl (C=O) groups excluding carboxylic acids is 2. The number of nitrogens with zero attached hydrogens (tertiary/aromatic N) is 6. The Balaban J connectivity index is 1.45. The minimum atomic E-state index is -0.846. The van der Waals surface area contributed by atoms with Gasteiger partial charge in [-0.1, -0.05) is 19.3 Å². The van der Waals surface area contributed by atoms with Crippen LogP contribution in [0.5, 0.6) is 0 Å². The molecule has 1 aliphatic rings. The quantitative estimate of drug-likeness (QED) is 0.391. The average molecular weight is 498 g/mol. The number of thiazole rings is 1. The molecule has 35 heavy (non-hydrogen) atoms. The lowest BCUT2D eigenvalue weighted by molar-refractivity contribution is 0.0920. The summed E-state index contributed by atoms with van der Waals surface area (Å²) in [6, 6.07) is 2.02. The lowest BCUT2D eigenvalue weighted by atomic mass is 9.96. The van der Waals surface area contributed by atoms with Gasteiger partial charge in [-0.25, -0.2) is 19.0 Å². The van der Waals surface area contributed by atoms with E-state index >= 15 is 0 Å². The number of aromatic nitrogens is 6. The highest BCUT2D eigenvalue weighted by molar-refractivity contribution is 7.13. The van der Waals surface area contributed by atoms with Crippen molar-refractivity contribution in [1.82, 2.24) is 29.5 Å². The van der Waals surface area contributed by atoms with Gasteiger partial charge in [-0.2, -0.15) is 14.6 Å². The summed E-state index contributed by atoms with van der Waals surface area (Å²) in [5, 5.41) is 13.3. The molecule has 1 saturated carbocycles. The van der Waals surface area contributed by atoms with E-state index in [1.54, 1.807) is 16.3 Å². The van der Waals surface area contributed by atoms with E-state index in [0.717, 1.165) is 44.2 Å². The van der Waals surface area contributed by atoms with Gasteiger partial charge in [0.25, 0.3) is 5.91 Å². The second kappa shape index (κ2) is 9.45. The molecule has 5 rings (SSSR count). The van der Waals surface area contributed by atoms with Crippen molar-refractivity contribution in [1.29, 1.82) is 0 Å². The van der Waals surface area contributed by atoms with Crippen molar-refractivity contribution in [3.05, 3.63) is 53.6 Å². The van der Waals surface area contributed by atoms with E-state index in [9.17, 15) is 18.4 Å². The van der Waals surface area contributed by atoms with Gasteiger partial charge in [0, 0.05) is 30.3 Å². The molecule has 12 heteroatoms. The molecule has 0 saturated heterocycles. The van der Waals surface area contributed by atoms with Gasteiger partial charge in [-0.05, 0) is 25.0 Å². The van der Waals surface area contributed by atoms with Crippen LogP contribution < -0.4 is 5.32 Å². The molecular formula is C23H21F2N7O2S. The number of hydrogen-bond acceptors (Lipinski definition) is 7. The third-order valence-corrected chi connectivity index (χ3v) is 6.75. The van der Waals surface area contributed by atoms with Crippen LogP contribution in [0.3, 0.4) is 0 Å². The summed E-state index contributed by atoms with van der Waals surface area (Å²) in [6.07, 6.45) is 9.74. The first kappa shape index (κ1) is 23.0. The zero-order valence-corrected chi connectivity index (χ0v) is 19.6. The molecule has 1 aliphatic carbocycles. The van der Waals surface area contributed by atoms with Crippen molar-refractivity contribution in [2.75, 3.05) is 5.32 Å². The molecule has 0 atom stereocenters. The molecule has 1 amide bonds. The van der Waals surface area contributed by atoms with E-state index in [-0.39, 0.29) is 34.7 Å². The predicted octanol–water partition coefficient (Wildman–Crippen LogP) is 4.96. The number of carbonyl (C=O) groups is 2. The SMILES string of the molecule is CC(=O)n1cc(-c2nc(C(=O)Nc3cn(C4CCCCC4)nc3-c3nc(F)ccc3F)cs2)cn1. The number of halogens is 2. The molecule has 0 aliphatic heterocycles. The highest BCUT2D eigenvalue weighted by Gasteiger charge is 2.24. The third-order valence-electron chi connectivity index (χ3n) is 5.85. The van der Waals surface area contributed by atoms with E-state index < -0.39 is 17.7 Å². The Bertz CT molecular complexity index is 1400. The van der Waals surface area contributed by atoms with Crippen molar-refractivity contribution < 1.29 is 18.4 Å². The molecule has 0 bridgehead atoms. The number of rotatable bonds is 5. The van der Waals surface area contributed by atoms with Crippen molar-refractivity contribution in [2.24, 2.45) is 0 Å². The summed E-state index contributed by atoms with van der Waals surface area (Å²) in [5.74, 6) is -2.37. The fourth-order valence-electron chi connectivity index (χ4n) is 4.08. The smallest absolute Gasteiger partial charge is 0.275 e. The van der Waals surface area contributed by atoms with E-state index in [4.69, 9.17) is 0 Å². The van der Waals surface area contributed by atoms with Crippen molar-refractivity contribution in [3.8, 4) is 22.0 Å². The third kappa shape index (κ3) is 4.74. The Labute approximate surface area is 202 Å². The maximum atomic E-state index is 14.6. The van der Waals surface area contributed by atoms with Crippen LogP contribution in [0, 0.1) is 11.8 Å². The fraction of sp³-hybridized carbons (Fsp3) is 0.304. The van der Waals surface area contributed by atoms with Crippen molar-refractivity contribution in [2.45, 2.75) is 45.1 Å². The monoisotopic (exact) mass is 497 g/mol. The maximum Gasteiger partial charge on any atom is 0.275 e. The second-order valence-electron chi connectivity index (χ2n) is 8.31. The van der Waals surface area contributed by atoms with Crippen LogP contribution in [0.15, 0.2) is 36.1 Å². The molecule has 1 N–H and O–H groups in total. The summed E-state index contributed by atoms with van der Waals surface area (Å²) in [4.78, 5) is 32.5. The lowest BCUT2D eigenvalue weighted by Gasteiger charge is -2.21. The largest absolute Gasteiger partial charge is 0.317 e.